The number of imidazole rings is 1. The first kappa shape index (κ1) is 22.6. The molecule has 0 aliphatic carbocycles. The third kappa shape index (κ3) is 4.70. The molecule has 0 spiro atoms. The van der Waals surface area contributed by atoms with Crippen molar-refractivity contribution in [1.29, 1.82) is 0 Å². The number of hydrogen-bond donors (Lipinski definition) is 1. The molecule has 2 aromatic heterocycles. The fourth-order valence-corrected chi connectivity index (χ4v) is 4.66. The number of benzene rings is 1. The lowest BCUT2D eigenvalue weighted by Gasteiger charge is -2.34. The fourth-order valence-electron chi connectivity index (χ4n) is 4.66. The van der Waals surface area contributed by atoms with Gasteiger partial charge >= 0.3 is 0 Å². The van der Waals surface area contributed by atoms with Gasteiger partial charge in [-0.3, -0.25) is 4.79 Å². The van der Waals surface area contributed by atoms with Crippen LogP contribution in [0.3, 0.4) is 0 Å². The Morgan fingerprint density at radius 1 is 1.00 bits per heavy atom. The highest BCUT2D eigenvalue weighted by Crippen LogP contribution is 2.26. The highest BCUT2D eigenvalue weighted by atomic mass is 16.2. The van der Waals surface area contributed by atoms with Crippen molar-refractivity contribution in [1.82, 2.24) is 29.3 Å². The van der Waals surface area contributed by atoms with Gasteiger partial charge in [0.15, 0.2) is 17.3 Å². The molecular formula is C25H34N8O. The minimum Gasteiger partial charge on any atom is -0.369 e. The Morgan fingerprint density at radius 2 is 1.79 bits per heavy atom. The number of likely N-dealkylation sites (tertiary alicyclic amines) is 1. The van der Waals surface area contributed by atoms with Crippen LogP contribution < -0.4 is 10.2 Å². The quantitative estimate of drug-likeness (QED) is 0.551. The lowest BCUT2D eigenvalue weighted by Crippen LogP contribution is -2.44. The number of carbonyl (C=O) groups is 1. The second-order valence-electron chi connectivity index (χ2n) is 9.25. The van der Waals surface area contributed by atoms with E-state index in [1.165, 1.54) is 5.69 Å². The maximum absolute atomic E-state index is 12.0. The van der Waals surface area contributed by atoms with Gasteiger partial charge in [-0.15, -0.1) is 0 Å². The number of hydrogen-bond acceptors (Lipinski definition) is 7. The average Bonchev–Trinajstić information content (AvgIpc) is 3.47. The number of amides is 1. The van der Waals surface area contributed by atoms with E-state index in [-0.39, 0.29) is 5.91 Å². The summed E-state index contributed by atoms with van der Waals surface area (Å²) in [5.74, 6) is 1.70. The predicted octanol–water partition coefficient (Wildman–Crippen LogP) is 2.69. The maximum atomic E-state index is 12.0. The Bertz CT molecular complexity index is 1130. The first-order valence-corrected chi connectivity index (χ1v) is 12.4. The monoisotopic (exact) mass is 462 g/mol. The van der Waals surface area contributed by atoms with Crippen molar-refractivity contribution < 1.29 is 4.79 Å². The van der Waals surface area contributed by atoms with Gasteiger partial charge in [0.25, 0.3) is 0 Å². The molecule has 0 atom stereocenters. The molecule has 1 N–H and O–H groups in total. The molecule has 2 saturated heterocycles. The third-order valence-corrected chi connectivity index (χ3v) is 6.78. The molecule has 9 heteroatoms. The van der Waals surface area contributed by atoms with Crippen molar-refractivity contribution in [3.05, 3.63) is 30.6 Å². The third-order valence-electron chi connectivity index (χ3n) is 6.78. The highest BCUT2D eigenvalue weighted by Gasteiger charge is 2.21. The van der Waals surface area contributed by atoms with Crippen molar-refractivity contribution in [2.75, 3.05) is 63.1 Å². The summed E-state index contributed by atoms with van der Waals surface area (Å²) in [7, 11) is 2.17. The second kappa shape index (κ2) is 9.97. The molecule has 1 aromatic carbocycles. The number of anilines is 2. The number of aromatic nitrogens is 4. The van der Waals surface area contributed by atoms with Crippen molar-refractivity contribution >= 4 is 28.6 Å². The zero-order chi connectivity index (χ0) is 23.5. The number of carbonyl (C=O) groups excluding carboxylic acids is 1. The fraction of sp³-hybridized carbons (Fsp3) is 0.520. The molecule has 180 valence electrons. The summed E-state index contributed by atoms with van der Waals surface area (Å²) in [5, 5.41) is 3.43. The van der Waals surface area contributed by atoms with Gasteiger partial charge in [-0.1, -0.05) is 6.92 Å². The molecule has 5 rings (SSSR count). The van der Waals surface area contributed by atoms with Crippen molar-refractivity contribution in [3.8, 4) is 11.4 Å². The minimum atomic E-state index is 0.241. The van der Waals surface area contributed by atoms with Crippen LogP contribution in [0.25, 0.3) is 22.6 Å². The number of fused-ring (bicyclic) bond motifs is 1. The Balaban J connectivity index is 1.42. The molecule has 2 fully saturated rings. The Hall–Kier alpha value is -3.20. The summed E-state index contributed by atoms with van der Waals surface area (Å²) < 4.78 is 2.04. The van der Waals surface area contributed by atoms with E-state index in [1.807, 2.05) is 15.8 Å². The molecule has 9 nitrogen and oxygen atoms in total. The standard InChI is InChI=1S/C25H34N8O/c1-3-10-26-24-22-25(33(18-27-22)17-16-32-11-4-5-21(32)34)29-23(28-24)19-6-8-20(9-7-19)31-14-12-30(2)13-15-31/h6-9,18H,3-5,10-17H2,1-2H3,(H,26,28,29). The molecule has 2 aliphatic rings. The molecule has 34 heavy (non-hydrogen) atoms. The molecule has 0 radical (unpaired) electrons. The Kier molecular flexibility index (Phi) is 6.62. The molecular weight excluding hydrogens is 428 g/mol. The van der Waals surface area contributed by atoms with Crippen LogP contribution in [0.5, 0.6) is 0 Å². The van der Waals surface area contributed by atoms with Crippen molar-refractivity contribution in [3.63, 3.8) is 0 Å². The SMILES string of the molecule is CCCNc1nc(-c2ccc(N3CCN(C)CC3)cc2)nc2c1ncn2CCN1CCCC1=O. The van der Waals surface area contributed by atoms with E-state index >= 15 is 0 Å². The lowest BCUT2D eigenvalue weighted by molar-refractivity contribution is -0.127. The van der Waals surface area contributed by atoms with E-state index in [0.29, 0.717) is 25.3 Å². The van der Waals surface area contributed by atoms with Gasteiger partial charge in [0.1, 0.15) is 5.52 Å². The first-order valence-electron chi connectivity index (χ1n) is 12.4. The largest absolute Gasteiger partial charge is 0.369 e. The molecule has 2 aliphatic heterocycles. The summed E-state index contributed by atoms with van der Waals surface area (Å²) in [6, 6.07) is 8.57. The van der Waals surface area contributed by atoms with Crippen LogP contribution in [0.1, 0.15) is 26.2 Å². The average molecular weight is 463 g/mol. The summed E-state index contributed by atoms with van der Waals surface area (Å²) in [5.41, 5.74) is 3.81. The van der Waals surface area contributed by atoms with Gasteiger partial charge < -0.3 is 24.6 Å². The first-order chi connectivity index (χ1) is 16.6. The van der Waals surface area contributed by atoms with Gasteiger partial charge in [0.2, 0.25) is 5.91 Å². The minimum absolute atomic E-state index is 0.241. The zero-order valence-corrected chi connectivity index (χ0v) is 20.2. The summed E-state index contributed by atoms with van der Waals surface area (Å²) in [6.45, 7) is 9.41. The van der Waals surface area contributed by atoms with E-state index in [0.717, 1.165) is 74.7 Å². The van der Waals surface area contributed by atoms with Crippen LogP contribution in [0, 0.1) is 0 Å². The highest BCUT2D eigenvalue weighted by molar-refractivity contribution is 5.85. The zero-order valence-electron chi connectivity index (χ0n) is 20.2. The number of rotatable bonds is 8. The molecule has 0 unspecified atom stereocenters. The Morgan fingerprint density at radius 3 is 2.50 bits per heavy atom. The predicted molar refractivity (Wildman–Crippen MR) is 135 cm³/mol. The topological polar surface area (TPSA) is 82.4 Å². The molecule has 4 heterocycles. The molecule has 0 saturated carbocycles. The number of nitrogens with zero attached hydrogens (tertiary/aromatic N) is 7. The maximum Gasteiger partial charge on any atom is 0.222 e. The summed E-state index contributed by atoms with van der Waals surface area (Å²) >= 11 is 0. The summed E-state index contributed by atoms with van der Waals surface area (Å²) in [6.07, 6.45) is 4.42. The van der Waals surface area contributed by atoms with Crippen molar-refractivity contribution in [2.24, 2.45) is 0 Å². The van der Waals surface area contributed by atoms with Crippen LogP contribution in [0.15, 0.2) is 30.6 Å². The van der Waals surface area contributed by atoms with Gasteiger partial charge in [-0.25, -0.2) is 15.0 Å². The number of likely N-dealkylation sites (N-methyl/N-ethyl adjacent to an activating group) is 1. The van der Waals surface area contributed by atoms with E-state index in [1.54, 1.807) is 0 Å². The molecule has 0 bridgehead atoms. The molecule has 1 amide bonds. The van der Waals surface area contributed by atoms with E-state index in [4.69, 9.17) is 9.97 Å². The smallest absolute Gasteiger partial charge is 0.222 e. The molecule has 3 aromatic rings. The lowest BCUT2D eigenvalue weighted by atomic mass is 10.1. The van der Waals surface area contributed by atoms with E-state index in [2.05, 4.69) is 58.3 Å². The number of nitrogens with one attached hydrogen (secondary N) is 1. The number of piperazine rings is 1. The van der Waals surface area contributed by atoms with Gasteiger partial charge in [0.05, 0.1) is 6.33 Å². The van der Waals surface area contributed by atoms with Crippen LogP contribution in [-0.2, 0) is 11.3 Å². The Labute approximate surface area is 200 Å². The van der Waals surface area contributed by atoms with E-state index in [9.17, 15) is 4.79 Å². The van der Waals surface area contributed by atoms with Gasteiger partial charge in [0, 0.05) is 70.0 Å². The normalized spacial score (nSPS) is 17.2. The van der Waals surface area contributed by atoms with Gasteiger partial charge in [-0.05, 0) is 44.2 Å². The van der Waals surface area contributed by atoms with Crippen LogP contribution >= 0.6 is 0 Å². The second-order valence-corrected chi connectivity index (χ2v) is 9.25. The van der Waals surface area contributed by atoms with Crippen LogP contribution in [-0.4, -0.2) is 88.1 Å². The van der Waals surface area contributed by atoms with E-state index < -0.39 is 0 Å². The summed E-state index contributed by atoms with van der Waals surface area (Å²) in [4.78, 5) is 33.1. The van der Waals surface area contributed by atoms with Crippen molar-refractivity contribution in [2.45, 2.75) is 32.7 Å². The van der Waals surface area contributed by atoms with Gasteiger partial charge in [-0.2, -0.15) is 0 Å². The van der Waals surface area contributed by atoms with Crippen LogP contribution in [0.2, 0.25) is 0 Å². The van der Waals surface area contributed by atoms with Crippen LogP contribution in [0.4, 0.5) is 11.5 Å².